The smallest absolute Gasteiger partial charge is 0.0274 e. The van der Waals surface area contributed by atoms with Crippen molar-refractivity contribution in [1.29, 1.82) is 0 Å². The van der Waals surface area contributed by atoms with E-state index in [1.54, 1.807) is 11.3 Å². The molecular formula is C9H16N2S. The third-order valence-electron chi connectivity index (χ3n) is 1.76. The zero-order valence-corrected chi connectivity index (χ0v) is 8.74. The molecule has 0 unspecified atom stereocenters. The second kappa shape index (κ2) is 4.03. The van der Waals surface area contributed by atoms with Crippen LogP contribution in [0.5, 0.6) is 0 Å². The lowest BCUT2D eigenvalue weighted by Crippen LogP contribution is -2.10. The van der Waals surface area contributed by atoms with Crippen LogP contribution in [-0.2, 0) is 13.1 Å². The maximum absolute atomic E-state index is 5.56. The van der Waals surface area contributed by atoms with Crippen LogP contribution in [0.3, 0.4) is 0 Å². The zero-order valence-electron chi connectivity index (χ0n) is 7.92. The first kappa shape index (κ1) is 9.71. The van der Waals surface area contributed by atoms with E-state index in [9.17, 15) is 0 Å². The first-order valence-electron chi connectivity index (χ1n) is 4.06. The summed E-state index contributed by atoms with van der Waals surface area (Å²) in [6.07, 6.45) is 0. The van der Waals surface area contributed by atoms with E-state index in [1.807, 2.05) is 0 Å². The van der Waals surface area contributed by atoms with E-state index in [2.05, 4.69) is 32.0 Å². The fourth-order valence-electron chi connectivity index (χ4n) is 1.19. The second-order valence-corrected chi connectivity index (χ2v) is 4.58. The van der Waals surface area contributed by atoms with E-state index in [0.717, 1.165) is 6.54 Å². The van der Waals surface area contributed by atoms with Crippen molar-refractivity contribution in [3.8, 4) is 0 Å². The molecule has 0 aromatic carbocycles. The molecule has 1 aromatic heterocycles. The average Bonchev–Trinajstić information content (AvgIpc) is 2.31. The van der Waals surface area contributed by atoms with Crippen LogP contribution in [0.25, 0.3) is 0 Å². The van der Waals surface area contributed by atoms with Gasteiger partial charge in [-0.2, -0.15) is 0 Å². The summed E-state index contributed by atoms with van der Waals surface area (Å²) >= 11 is 1.80. The monoisotopic (exact) mass is 184 g/mol. The third-order valence-corrected chi connectivity index (χ3v) is 2.87. The molecule has 1 heterocycles. The van der Waals surface area contributed by atoms with Gasteiger partial charge in [-0.25, -0.2) is 0 Å². The number of nitrogens with two attached hydrogens (primary N) is 1. The van der Waals surface area contributed by atoms with E-state index in [1.165, 1.54) is 15.3 Å². The van der Waals surface area contributed by atoms with Crippen molar-refractivity contribution < 1.29 is 0 Å². The summed E-state index contributed by atoms with van der Waals surface area (Å²) in [4.78, 5) is 4.85. The maximum atomic E-state index is 5.56. The summed E-state index contributed by atoms with van der Waals surface area (Å²) in [5.41, 5.74) is 6.97. The Bertz CT molecular complexity index is 253. The Morgan fingerprint density at radius 2 is 2.17 bits per heavy atom. The number of nitrogens with zero attached hydrogens (tertiary/aromatic N) is 1. The molecule has 0 amide bonds. The zero-order chi connectivity index (χ0) is 9.14. The largest absolute Gasteiger partial charge is 0.326 e. The Labute approximate surface area is 78.0 Å². The standard InChI is InChI=1S/C9H16N2S/c1-7-8(6-11(2)3)4-9(5-10)12-7/h4H,5-6,10H2,1-3H3. The molecule has 3 heteroatoms. The van der Waals surface area contributed by atoms with Crippen molar-refractivity contribution >= 4 is 11.3 Å². The quantitative estimate of drug-likeness (QED) is 0.772. The van der Waals surface area contributed by atoms with Crippen molar-refractivity contribution in [3.63, 3.8) is 0 Å². The van der Waals surface area contributed by atoms with Crippen LogP contribution in [-0.4, -0.2) is 19.0 Å². The molecule has 0 aliphatic heterocycles. The molecule has 2 N–H and O–H groups in total. The van der Waals surface area contributed by atoms with Crippen LogP contribution in [0.4, 0.5) is 0 Å². The number of hydrogen-bond acceptors (Lipinski definition) is 3. The van der Waals surface area contributed by atoms with Crippen molar-refractivity contribution in [2.75, 3.05) is 14.1 Å². The van der Waals surface area contributed by atoms with Crippen LogP contribution < -0.4 is 5.73 Å². The number of aryl methyl sites for hydroxylation is 1. The molecule has 12 heavy (non-hydrogen) atoms. The molecule has 0 bridgehead atoms. The molecule has 0 saturated heterocycles. The fraction of sp³-hybridized carbons (Fsp3) is 0.556. The first-order chi connectivity index (χ1) is 5.63. The lowest BCUT2D eigenvalue weighted by atomic mass is 10.2. The van der Waals surface area contributed by atoms with Gasteiger partial charge in [0.25, 0.3) is 0 Å². The molecule has 0 aliphatic rings. The van der Waals surface area contributed by atoms with Gasteiger partial charge in [0.15, 0.2) is 0 Å². The van der Waals surface area contributed by atoms with Crippen LogP contribution in [0.1, 0.15) is 15.3 Å². The highest BCUT2D eigenvalue weighted by atomic mass is 32.1. The number of rotatable bonds is 3. The Balaban J connectivity index is 2.77. The minimum absolute atomic E-state index is 0.666. The molecule has 0 saturated carbocycles. The van der Waals surface area contributed by atoms with Gasteiger partial charge in [-0.1, -0.05) is 0 Å². The summed E-state index contributed by atoms with van der Waals surface area (Å²) in [5.74, 6) is 0. The summed E-state index contributed by atoms with van der Waals surface area (Å²) in [5, 5.41) is 0. The Morgan fingerprint density at radius 1 is 1.50 bits per heavy atom. The van der Waals surface area contributed by atoms with Crippen LogP contribution in [0, 0.1) is 6.92 Å². The molecule has 0 radical (unpaired) electrons. The topological polar surface area (TPSA) is 29.3 Å². The third kappa shape index (κ3) is 2.30. The van der Waals surface area contributed by atoms with Gasteiger partial charge in [0.05, 0.1) is 0 Å². The van der Waals surface area contributed by atoms with Gasteiger partial charge in [0, 0.05) is 22.8 Å². The van der Waals surface area contributed by atoms with Gasteiger partial charge < -0.3 is 10.6 Å². The summed E-state index contributed by atoms with van der Waals surface area (Å²) < 4.78 is 0. The number of thiophene rings is 1. The van der Waals surface area contributed by atoms with Gasteiger partial charge in [-0.15, -0.1) is 11.3 Å². The van der Waals surface area contributed by atoms with E-state index in [4.69, 9.17) is 5.73 Å². The summed E-state index contributed by atoms with van der Waals surface area (Å²) in [6, 6.07) is 2.21. The van der Waals surface area contributed by atoms with Crippen LogP contribution in [0.2, 0.25) is 0 Å². The van der Waals surface area contributed by atoms with Crippen molar-refractivity contribution in [3.05, 3.63) is 21.4 Å². The first-order valence-corrected chi connectivity index (χ1v) is 4.88. The van der Waals surface area contributed by atoms with Gasteiger partial charge in [0.2, 0.25) is 0 Å². The molecule has 0 fully saturated rings. The van der Waals surface area contributed by atoms with Crippen LogP contribution >= 0.6 is 11.3 Å². The predicted molar refractivity (Wildman–Crippen MR) is 54.3 cm³/mol. The molecule has 1 aromatic rings. The Kier molecular flexibility index (Phi) is 3.26. The highest BCUT2D eigenvalue weighted by Crippen LogP contribution is 2.21. The molecule has 68 valence electrons. The van der Waals surface area contributed by atoms with Crippen LogP contribution in [0.15, 0.2) is 6.07 Å². The summed E-state index contributed by atoms with van der Waals surface area (Å²) in [7, 11) is 4.17. The Morgan fingerprint density at radius 3 is 2.58 bits per heavy atom. The van der Waals surface area contributed by atoms with Gasteiger partial charge in [0.1, 0.15) is 0 Å². The SMILES string of the molecule is Cc1sc(CN)cc1CN(C)C. The molecular weight excluding hydrogens is 168 g/mol. The summed E-state index contributed by atoms with van der Waals surface area (Å²) in [6.45, 7) is 3.84. The molecule has 0 aliphatic carbocycles. The van der Waals surface area contributed by atoms with Gasteiger partial charge in [-0.3, -0.25) is 0 Å². The predicted octanol–water partition coefficient (Wildman–Crippen LogP) is 1.58. The Hall–Kier alpha value is -0.380. The van der Waals surface area contributed by atoms with Gasteiger partial charge >= 0.3 is 0 Å². The maximum Gasteiger partial charge on any atom is 0.0274 e. The van der Waals surface area contributed by atoms with E-state index in [-0.39, 0.29) is 0 Å². The molecule has 0 atom stereocenters. The lowest BCUT2D eigenvalue weighted by Gasteiger charge is -2.07. The van der Waals surface area contributed by atoms with Gasteiger partial charge in [-0.05, 0) is 32.6 Å². The second-order valence-electron chi connectivity index (χ2n) is 3.24. The highest BCUT2D eigenvalue weighted by molar-refractivity contribution is 7.12. The molecule has 2 nitrogen and oxygen atoms in total. The highest BCUT2D eigenvalue weighted by Gasteiger charge is 2.04. The average molecular weight is 184 g/mol. The fourth-order valence-corrected chi connectivity index (χ4v) is 2.12. The number of hydrogen-bond donors (Lipinski definition) is 1. The van der Waals surface area contributed by atoms with E-state index in [0.29, 0.717) is 6.54 Å². The molecule has 0 spiro atoms. The normalized spacial score (nSPS) is 11.1. The van der Waals surface area contributed by atoms with Crippen molar-refractivity contribution in [2.45, 2.75) is 20.0 Å². The van der Waals surface area contributed by atoms with Crippen molar-refractivity contribution in [2.24, 2.45) is 5.73 Å². The van der Waals surface area contributed by atoms with E-state index < -0.39 is 0 Å². The van der Waals surface area contributed by atoms with E-state index >= 15 is 0 Å². The minimum atomic E-state index is 0.666. The molecule has 1 rings (SSSR count). The minimum Gasteiger partial charge on any atom is -0.326 e. The lowest BCUT2D eigenvalue weighted by molar-refractivity contribution is 0.402. The van der Waals surface area contributed by atoms with Crippen molar-refractivity contribution in [1.82, 2.24) is 4.90 Å².